The first-order valence-corrected chi connectivity index (χ1v) is 11.4. The molecular formula is C26H32N2O4. The monoisotopic (exact) mass is 436 g/mol. The highest BCUT2D eigenvalue weighted by atomic mass is 16.5. The molecule has 1 aromatic heterocycles. The largest absolute Gasteiger partial charge is 0.508 e. The van der Waals surface area contributed by atoms with Gasteiger partial charge in [-0.25, -0.2) is 4.79 Å². The summed E-state index contributed by atoms with van der Waals surface area (Å²) in [6.07, 6.45) is 0.710. The summed E-state index contributed by atoms with van der Waals surface area (Å²) in [6, 6.07) is 15.8. The Bertz CT molecular complexity index is 1090. The number of ether oxygens (including phenoxy) is 1. The van der Waals surface area contributed by atoms with Crippen molar-refractivity contribution in [2.45, 2.75) is 39.4 Å². The number of phenolic OH excluding ortho intramolecular Hbond substituents is 1. The Morgan fingerprint density at radius 2 is 1.81 bits per heavy atom. The molecule has 1 fully saturated rings. The number of aromatic hydroxyl groups is 1. The van der Waals surface area contributed by atoms with Gasteiger partial charge in [-0.3, -0.25) is 9.80 Å². The summed E-state index contributed by atoms with van der Waals surface area (Å²) in [5.41, 5.74) is 3.05. The van der Waals surface area contributed by atoms with Gasteiger partial charge in [-0.05, 0) is 36.1 Å². The van der Waals surface area contributed by atoms with E-state index in [1.807, 2.05) is 19.1 Å². The predicted molar refractivity (Wildman–Crippen MR) is 126 cm³/mol. The number of rotatable bonds is 8. The van der Waals surface area contributed by atoms with Crippen LogP contribution < -0.4 is 5.63 Å². The van der Waals surface area contributed by atoms with E-state index in [2.05, 4.69) is 41.0 Å². The minimum atomic E-state index is -0.392. The van der Waals surface area contributed by atoms with Crippen LogP contribution in [0.2, 0.25) is 0 Å². The van der Waals surface area contributed by atoms with Crippen molar-refractivity contribution in [1.82, 2.24) is 9.80 Å². The highest BCUT2D eigenvalue weighted by molar-refractivity contribution is 5.82. The van der Waals surface area contributed by atoms with Crippen LogP contribution in [0.25, 0.3) is 11.0 Å². The SMILES string of the molecule is CCc1cc2c(CN(Cc3ccccc3)C(C)CN3CCOCC3)cc(=O)oc2cc1O. The normalized spacial score (nSPS) is 16.0. The van der Waals surface area contributed by atoms with Gasteiger partial charge in [0.1, 0.15) is 11.3 Å². The molecule has 1 atom stereocenters. The summed E-state index contributed by atoms with van der Waals surface area (Å²) in [5.74, 6) is 0.169. The van der Waals surface area contributed by atoms with Crippen molar-refractivity contribution < 1.29 is 14.3 Å². The van der Waals surface area contributed by atoms with Gasteiger partial charge in [0.05, 0.1) is 13.2 Å². The zero-order valence-corrected chi connectivity index (χ0v) is 18.9. The van der Waals surface area contributed by atoms with Crippen molar-refractivity contribution in [3.63, 3.8) is 0 Å². The highest BCUT2D eigenvalue weighted by Crippen LogP contribution is 2.28. The average Bonchev–Trinajstić information content (AvgIpc) is 2.79. The molecule has 0 amide bonds. The first kappa shape index (κ1) is 22.5. The fraction of sp³-hybridized carbons (Fsp3) is 0.423. The summed E-state index contributed by atoms with van der Waals surface area (Å²) in [7, 11) is 0. The van der Waals surface area contributed by atoms with E-state index >= 15 is 0 Å². The number of phenols is 1. The zero-order valence-electron chi connectivity index (χ0n) is 18.9. The van der Waals surface area contributed by atoms with Gasteiger partial charge in [-0.1, -0.05) is 37.3 Å². The van der Waals surface area contributed by atoms with Crippen molar-refractivity contribution in [1.29, 1.82) is 0 Å². The summed E-state index contributed by atoms with van der Waals surface area (Å²) >= 11 is 0. The lowest BCUT2D eigenvalue weighted by Crippen LogP contribution is -2.45. The average molecular weight is 437 g/mol. The molecule has 2 aromatic carbocycles. The molecule has 1 N–H and O–H groups in total. The molecule has 170 valence electrons. The van der Waals surface area contributed by atoms with Crippen molar-refractivity contribution in [2.75, 3.05) is 32.8 Å². The number of hydrogen-bond donors (Lipinski definition) is 1. The van der Waals surface area contributed by atoms with Crippen LogP contribution in [0, 0.1) is 0 Å². The molecule has 3 aromatic rings. The Labute approximate surface area is 189 Å². The predicted octanol–water partition coefficient (Wildman–Crippen LogP) is 3.78. The maximum atomic E-state index is 12.3. The maximum absolute atomic E-state index is 12.3. The molecule has 0 bridgehead atoms. The smallest absolute Gasteiger partial charge is 0.336 e. The van der Waals surface area contributed by atoms with Crippen LogP contribution in [0.3, 0.4) is 0 Å². The van der Waals surface area contributed by atoms with Crippen LogP contribution in [-0.4, -0.2) is 53.8 Å². The minimum Gasteiger partial charge on any atom is -0.508 e. The second kappa shape index (κ2) is 10.3. The van der Waals surface area contributed by atoms with Gasteiger partial charge < -0.3 is 14.3 Å². The number of benzene rings is 2. The van der Waals surface area contributed by atoms with Gasteiger partial charge in [-0.2, -0.15) is 0 Å². The summed E-state index contributed by atoms with van der Waals surface area (Å²) in [4.78, 5) is 17.2. The van der Waals surface area contributed by atoms with Crippen LogP contribution in [0.5, 0.6) is 5.75 Å². The van der Waals surface area contributed by atoms with E-state index < -0.39 is 5.63 Å². The maximum Gasteiger partial charge on any atom is 0.336 e. The lowest BCUT2D eigenvalue weighted by molar-refractivity contribution is 0.0226. The fourth-order valence-electron chi connectivity index (χ4n) is 4.40. The van der Waals surface area contributed by atoms with Gasteiger partial charge in [0.25, 0.3) is 0 Å². The number of nitrogens with zero attached hydrogens (tertiary/aromatic N) is 2. The van der Waals surface area contributed by atoms with E-state index in [0.717, 1.165) is 55.9 Å². The van der Waals surface area contributed by atoms with Crippen LogP contribution in [0.4, 0.5) is 0 Å². The second-order valence-electron chi connectivity index (χ2n) is 8.57. The Kier molecular flexibility index (Phi) is 7.25. The third-order valence-corrected chi connectivity index (χ3v) is 6.26. The fourth-order valence-corrected chi connectivity index (χ4v) is 4.40. The Morgan fingerprint density at radius 3 is 2.53 bits per heavy atom. The molecular weight excluding hydrogens is 404 g/mol. The van der Waals surface area contributed by atoms with Crippen LogP contribution in [-0.2, 0) is 24.2 Å². The quantitative estimate of drug-likeness (QED) is 0.542. The molecule has 0 saturated carbocycles. The van der Waals surface area contributed by atoms with Crippen molar-refractivity contribution in [3.05, 3.63) is 75.6 Å². The molecule has 4 rings (SSSR count). The first-order chi connectivity index (χ1) is 15.5. The van der Waals surface area contributed by atoms with Crippen molar-refractivity contribution in [2.24, 2.45) is 0 Å². The van der Waals surface area contributed by atoms with Gasteiger partial charge >= 0.3 is 5.63 Å². The number of fused-ring (bicyclic) bond motifs is 1. The van der Waals surface area contributed by atoms with E-state index in [-0.39, 0.29) is 11.8 Å². The van der Waals surface area contributed by atoms with E-state index in [0.29, 0.717) is 18.5 Å². The topological polar surface area (TPSA) is 66.2 Å². The molecule has 0 aliphatic carbocycles. The van der Waals surface area contributed by atoms with Gasteiger partial charge in [0.2, 0.25) is 0 Å². The molecule has 0 radical (unpaired) electrons. The third kappa shape index (κ3) is 5.38. The minimum absolute atomic E-state index is 0.169. The van der Waals surface area contributed by atoms with E-state index in [4.69, 9.17) is 9.15 Å². The van der Waals surface area contributed by atoms with Crippen molar-refractivity contribution >= 4 is 11.0 Å². The highest BCUT2D eigenvalue weighted by Gasteiger charge is 2.21. The third-order valence-electron chi connectivity index (χ3n) is 6.26. The molecule has 1 saturated heterocycles. The Balaban J connectivity index is 1.66. The Hall–Kier alpha value is -2.67. The Morgan fingerprint density at radius 1 is 1.06 bits per heavy atom. The van der Waals surface area contributed by atoms with Gasteiger partial charge in [-0.15, -0.1) is 0 Å². The molecule has 6 nitrogen and oxygen atoms in total. The van der Waals surface area contributed by atoms with Crippen LogP contribution in [0.1, 0.15) is 30.5 Å². The second-order valence-corrected chi connectivity index (χ2v) is 8.57. The summed E-state index contributed by atoms with van der Waals surface area (Å²) < 4.78 is 10.9. The molecule has 1 unspecified atom stereocenters. The lowest BCUT2D eigenvalue weighted by atomic mass is 10.0. The number of hydrogen-bond acceptors (Lipinski definition) is 6. The molecule has 1 aliphatic heterocycles. The van der Waals surface area contributed by atoms with Gasteiger partial charge in [0.15, 0.2) is 0 Å². The molecule has 2 heterocycles. The van der Waals surface area contributed by atoms with Crippen molar-refractivity contribution in [3.8, 4) is 5.75 Å². The zero-order chi connectivity index (χ0) is 22.5. The number of aryl methyl sites for hydroxylation is 1. The summed E-state index contributed by atoms with van der Waals surface area (Å²) in [5, 5.41) is 11.1. The van der Waals surface area contributed by atoms with E-state index in [1.54, 1.807) is 12.1 Å². The standard InChI is InChI=1S/C26H32N2O4/c1-3-21-13-23-22(14-26(30)32-25(23)15-24(21)29)18-28(17-20-7-5-4-6-8-20)19(2)16-27-9-11-31-12-10-27/h4-8,13-15,19,29H,3,9-12,16-18H2,1-2H3. The van der Waals surface area contributed by atoms with E-state index in [9.17, 15) is 9.90 Å². The first-order valence-electron chi connectivity index (χ1n) is 11.4. The van der Waals surface area contributed by atoms with E-state index in [1.165, 1.54) is 5.56 Å². The summed E-state index contributed by atoms with van der Waals surface area (Å²) in [6.45, 7) is 10.0. The lowest BCUT2D eigenvalue weighted by Gasteiger charge is -2.35. The molecule has 0 spiro atoms. The number of morpholine rings is 1. The molecule has 32 heavy (non-hydrogen) atoms. The molecule has 6 heteroatoms. The molecule has 1 aliphatic rings. The van der Waals surface area contributed by atoms with Gasteiger partial charge in [0, 0.05) is 56.3 Å². The van der Waals surface area contributed by atoms with Crippen LogP contribution >= 0.6 is 0 Å². The van der Waals surface area contributed by atoms with Crippen LogP contribution in [0.15, 0.2) is 57.7 Å².